The maximum Gasteiger partial charge on any atom is 0.0597 e. The highest BCUT2D eigenvalue weighted by Gasteiger charge is 2.61. The average molecular weight is 262 g/mol. The maximum atomic E-state index is 10.8. The lowest BCUT2D eigenvalue weighted by Crippen LogP contribution is -2.58. The Bertz CT molecular complexity index is 354. The van der Waals surface area contributed by atoms with Gasteiger partial charge in [0.15, 0.2) is 0 Å². The summed E-state index contributed by atoms with van der Waals surface area (Å²) in [4.78, 5) is 0. The van der Waals surface area contributed by atoms with Crippen LogP contribution in [-0.4, -0.2) is 11.2 Å². The molecular weight excluding hydrogens is 232 g/mol. The quantitative estimate of drug-likeness (QED) is 0.562. The first-order valence-electron chi connectivity index (χ1n) is 8.18. The van der Waals surface area contributed by atoms with Crippen molar-refractivity contribution >= 4 is 0 Å². The van der Waals surface area contributed by atoms with Gasteiger partial charge in [-0.15, -0.1) is 6.58 Å². The van der Waals surface area contributed by atoms with Gasteiger partial charge in [0.05, 0.1) is 6.10 Å². The number of rotatable bonds is 5. The fourth-order valence-electron chi connectivity index (χ4n) is 6.67. The summed E-state index contributed by atoms with van der Waals surface area (Å²) in [6.07, 6.45) is 13.1. The van der Waals surface area contributed by atoms with Gasteiger partial charge in [0.25, 0.3) is 0 Å². The lowest BCUT2D eigenvalue weighted by atomic mass is 9.39. The molecule has 3 unspecified atom stereocenters. The Balaban J connectivity index is 1.78. The van der Waals surface area contributed by atoms with E-state index in [9.17, 15) is 5.11 Å². The van der Waals surface area contributed by atoms with Crippen molar-refractivity contribution in [1.82, 2.24) is 0 Å². The third-order valence-corrected chi connectivity index (χ3v) is 6.26. The summed E-state index contributed by atoms with van der Waals surface area (Å²) < 4.78 is 0. The number of hydrogen-bond donors (Lipinski definition) is 1. The van der Waals surface area contributed by atoms with Crippen LogP contribution in [0.2, 0.25) is 0 Å². The van der Waals surface area contributed by atoms with E-state index in [2.05, 4.69) is 20.4 Å². The summed E-state index contributed by atoms with van der Waals surface area (Å²) in [5.74, 6) is 0.889. The molecule has 0 saturated heterocycles. The lowest BCUT2D eigenvalue weighted by Gasteiger charge is -2.66. The van der Waals surface area contributed by atoms with E-state index in [1.165, 1.54) is 38.5 Å². The second-order valence-corrected chi connectivity index (χ2v) is 8.73. The topological polar surface area (TPSA) is 20.2 Å². The van der Waals surface area contributed by atoms with Gasteiger partial charge in [-0.3, -0.25) is 0 Å². The molecule has 4 aliphatic carbocycles. The zero-order valence-electron chi connectivity index (χ0n) is 12.8. The predicted octanol–water partition coefficient (Wildman–Crippen LogP) is 4.70. The Labute approximate surface area is 118 Å². The number of aliphatic hydroxyl groups excluding tert-OH is 1. The minimum atomic E-state index is -0.0745. The Morgan fingerprint density at radius 2 is 1.79 bits per heavy atom. The van der Waals surface area contributed by atoms with Crippen LogP contribution in [0.3, 0.4) is 0 Å². The zero-order chi connectivity index (χ0) is 13.7. The van der Waals surface area contributed by atoms with E-state index in [1.807, 2.05) is 6.08 Å². The molecule has 0 aromatic heterocycles. The Morgan fingerprint density at radius 3 is 2.32 bits per heavy atom. The number of allylic oxidation sites excluding steroid dienone is 1. The van der Waals surface area contributed by atoms with Crippen molar-refractivity contribution in [3.63, 3.8) is 0 Å². The first kappa shape index (κ1) is 13.7. The van der Waals surface area contributed by atoms with Crippen LogP contribution in [-0.2, 0) is 0 Å². The molecule has 0 aromatic rings. The molecule has 108 valence electrons. The van der Waals surface area contributed by atoms with Crippen molar-refractivity contribution in [2.75, 3.05) is 0 Å². The van der Waals surface area contributed by atoms with Gasteiger partial charge in [0.2, 0.25) is 0 Å². The summed E-state index contributed by atoms with van der Waals surface area (Å²) in [7, 11) is 0. The van der Waals surface area contributed by atoms with Crippen molar-refractivity contribution in [1.29, 1.82) is 0 Å². The van der Waals surface area contributed by atoms with E-state index in [-0.39, 0.29) is 11.5 Å². The normalized spacial score (nSPS) is 49.3. The van der Waals surface area contributed by atoms with Crippen LogP contribution in [0.1, 0.15) is 71.6 Å². The van der Waals surface area contributed by atoms with Gasteiger partial charge < -0.3 is 5.11 Å². The average Bonchev–Trinajstić information content (AvgIpc) is 2.24. The van der Waals surface area contributed by atoms with Crippen LogP contribution < -0.4 is 0 Å². The number of aliphatic hydroxyl groups is 1. The van der Waals surface area contributed by atoms with Gasteiger partial charge in [-0.25, -0.2) is 0 Å². The van der Waals surface area contributed by atoms with Gasteiger partial charge in [0.1, 0.15) is 0 Å². The smallest absolute Gasteiger partial charge is 0.0597 e. The summed E-state index contributed by atoms with van der Waals surface area (Å²) in [5, 5.41) is 10.8. The van der Waals surface area contributed by atoms with Gasteiger partial charge in [0, 0.05) is 0 Å². The lowest BCUT2D eigenvalue weighted by molar-refractivity contribution is -0.186. The second-order valence-electron chi connectivity index (χ2n) is 8.73. The van der Waals surface area contributed by atoms with Crippen LogP contribution in [0.5, 0.6) is 0 Å². The molecule has 4 fully saturated rings. The van der Waals surface area contributed by atoms with Crippen molar-refractivity contribution in [3.8, 4) is 0 Å². The Hall–Kier alpha value is -0.300. The van der Waals surface area contributed by atoms with Gasteiger partial charge >= 0.3 is 0 Å². The van der Waals surface area contributed by atoms with Crippen LogP contribution in [0.25, 0.3) is 0 Å². The molecule has 4 aliphatic rings. The monoisotopic (exact) mass is 262 g/mol. The van der Waals surface area contributed by atoms with Crippen LogP contribution in [0, 0.1) is 22.2 Å². The molecule has 1 nitrogen and oxygen atoms in total. The van der Waals surface area contributed by atoms with E-state index >= 15 is 0 Å². The van der Waals surface area contributed by atoms with Crippen LogP contribution >= 0.6 is 0 Å². The minimum Gasteiger partial charge on any atom is -0.393 e. The van der Waals surface area contributed by atoms with Crippen LogP contribution in [0.15, 0.2) is 12.7 Å². The molecule has 0 heterocycles. The molecular formula is C18H30O. The van der Waals surface area contributed by atoms with Crippen molar-refractivity contribution < 1.29 is 5.11 Å². The molecule has 1 heteroatoms. The highest BCUT2D eigenvalue weighted by Crippen LogP contribution is 2.70. The SMILES string of the molecule is C=CCCCC(O)C12CC3CC(C)(CC(C)(C3)C1)C2. The van der Waals surface area contributed by atoms with Crippen LogP contribution in [0.4, 0.5) is 0 Å². The van der Waals surface area contributed by atoms with Gasteiger partial charge in [-0.1, -0.05) is 19.9 Å². The second kappa shape index (κ2) is 4.35. The fraction of sp³-hybridized carbons (Fsp3) is 0.889. The van der Waals surface area contributed by atoms with E-state index in [0.29, 0.717) is 10.8 Å². The third-order valence-electron chi connectivity index (χ3n) is 6.26. The Morgan fingerprint density at radius 1 is 1.16 bits per heavy atom. The van der Waals surface area contributed by atoms with E-state index in [1.54, 1.807) is 0 Å². The van der Waals surface area contributed by atoms with E-state index in [0.717, 1.165) is 25.2 Å². The van der Waals surface area contributed by atoms with Gasteiger partial charge in [-0.2, -0.15) is 0 Å². The fourth-order valence-corrected chi connectivity index (χ4v) is 6.67. The molecule has 0 aliphatic heterocycles. The zero-order valence-corrected chi connectivity index (χ0v) is 12.8. The first-order chi connectivity index (χ1) is 8.89. The first-order valence-corrected chi connectivity index (χ1v) is 8.18. The molecule has 0 spiro atoms. The van der Waals surface area contributed by atoms with Crippen molar-refractivity contribution in [2.24, 2.45) is 22.2 Å². The molecule has 0 aromatic carbocycles. The molecule has 4 rings (SSSR count). The summed E-state index contributed by atoms with van der Waals surface area (Å²) >= 11 is 0. The van der Waals surface area contributed by atoms with Crippen molar-refractivity contribution in [3.05, 3.63) is 12.7 Å². The number of unbranched alkanes of at least 4 members (excludes halogenated alkanes) is 1. The highest BCUT2D eigenvalue weighted by molar-refractivity contribution is 5.12. The molecule has 1 N–H and O–H groups in total. The Kier molecular flexibility index (Phi) is 3.13. The predicted molar refractivity (Wildman–Crippen MR) is 79.9 cm³/mol. The maximum absolute atomic E-state index is 10.8. The van der Waals surface area contributed by atoms with E-state index < -0.39 is 0 Å². The molecule has 4 bridgehead atoms. The molecule has 0 radical (unpaired) electrons. The summed E-state index contributed by atoms with van der Waals surface area (Å²) in [6, 6.07) is 0. The standard InChI is InChI=1S/C18H30O/c1-4-5-6-7-15(19)18-10-14-8-16(2,12-18)11-17(3,9-14)13-18/h4,14-15,19H,1,5-13H2,2-3H3. The highest BCUT2D eigenvalue weighted by atomic mass is 16.3. The largest absolute Gasteiger partial charge is 0.393 e. The van der Waals surface area contributed by atoms with Gasteiger partial charge in [-0.05, 0) is 80.0 Å². The van der Waals surface area contributed by atoms with Crippen molar-refractivity contribution in [2.45, 2.75) is 77.7 Å². The summed E-state index contributed by atoms with van der Waals surface area (Å²) in [6.45, 7) is 8.76. The summed E-state index contributed by atoms with van der Waals surface area (Å²) in [5.41, 5.74) is 1.30. The number of hydrogen-bond acceptors (Lipinski definition) is 1. The molecule has 3 atom stereocenters. The molecule has 4 saturated carbocycles. The molecule has 19 heavy (non-hydrogen) atoms. The minimum absolute atomic E-state index is 0.0745. The molecule has 0 amide bonds. The van der Waals surface area contributed by atoms with E-state index in [4.69, 9.17) is 0 Å². The third kappa shape index (κ3) is 2.28.